The van der Waals surface area contributed by atoms with E-state index in [9.17, 15) is 0 Å². The summed E-state index contributed by atoms with van der Waals surface area (Å²) < 4.78 is 5.51. The lowest BCUT2D eigenvalue weighted by atomic mass is 10.1. The lowest BCUT2D eigenvalue weighted by Crippen LogP contribution is -1.89. The maximum Gasteiger partial charge on any atom is 0.134 e. The van der Waals surface area contributed by atoms with Crippen molar-refractivity contribution in [3.05, 3.63) is 41.7 Å². The summed E-state index contributed by atoms with van der Waals surface area (Å²) in [6.45, 7) is 3.92. The molecule has 0 aliphatic rings. The van der Waals surface area contributed by atoms with Gasteiger partial charge in [-0.05, 0) is 37.6 Å². The Balaban J connectivity index is 2.47. The Hall–Kier alpha value is -1.70. The van der Waals surface area contributed by atoms with Gasteiger partial charge in [0.1, 0.15) is 11.5 Å². The van der Waals surface area contributed by atoms with Crippen LogP contribution in [0, 0.1) is 13.8 Å². The SMILES string of the molecule is Cc1ccc(-c2ccc(C)c(N)c2)o1. The molecule has 0 spiro atoms. The van der Waals surface area contributed by atoms with Crippen molar-refractivity contribution >= 4 is 5.69 Å². The molecular formula is C12H13NO. The molecule has 72 valence electrons. The number of nitrogen functional groups attached to an aromatic ring is 1. The topological polar surface area (TPSA) is 39.2 Å². The third kappa shape index (κ3) is 1.51. The Morgan fingerprint density at radius 3 is 2.43 bits per heavy atom. The largest absolute Gasteiger partial charge is 0.461 e. The normalized spacial score (nSPS) is 10.4. The van der Waals surface area contributed by atoms with Crippen LogP contribution in [0.5, 0.6) is 0 Å². The van der Waals surface area contributed by atoms with Crippen molar-refractivity contribution in [3.63, 3.8) is 0 Å². The van der Waals surface area contributed by atoms with Gasteiger partial charge in [0.25, 0.3) is 0 Å². The number of hydrogen-bond donors (Lipinski definition) is 1. The molecule has 2 nitrogen and oxygen atoms in total. The Bertz CT molecular complexity index is 457. The van der Waals surface area contributed by atoms with Gasteiger partial charge in [-0.15, -0.1) is 0 Å². The van der Waals surface area contributed by atoms with E-state index in [-0.39, 0.29) is 0 Å². The second-order valence-electron chi connectivity index (χ2n) is 3.48. The Morgan fingerprint density at radius 2 is 1.86 bits per heavy atom. The van der Waals surface area contributed by atoms with Gasteiger partial charge < -0.3 is 10.2 Å². The molecule has 0 aliphatic heterocycles. The molecule has 2 heteroatoms. The van der Waals surface area contributed by atoms with Crippen LogP contribution in [-0.2, 0) is 0 Å². The van der Waals surface area contributed by atoms with E-state index in [1.807, 2.05) is 44.2 Å². The molecule has 0 saturated carbocycles. The number of anilines is 1. The second kappa shape index (κ2) is 3.22. The summed E-state index contributed by atoms with van der Waals surface area (Å²) in [5.41, 5.74) is 8.75. The van der Waals surface area contributed by atoms with E-state index in [1.165, 1.54) is 0 Å². The first kappa shape index (κ1) is 8.88. The summed E-state index contributed by atoms with van der Waals surface area (Å²) in [5.74, 6) is 1.79. The number of benzene rings is 1. The van der Waals surface area contributed by atoms with Crippen LogP contribution in [0.25, 0.3) is 11.3 Å². The average molecular weight is 187 g/mol. The lowest BCUT2D eigenvalue weighted by Gasteiger charge is -2.02. The minimum absolute atomic E-state index is 0.802. The van der Waals surface area contributed by atoms with E-state index in [4.69, 9.17) is 10.2 Å². The standard InChI is InChI=1S/C12H13NO/c1-8-3-5-10(7-11(8)13)12-6-4-9(2)14-12/h3-7H,13H2,1-2H3. The number of aryl methyl sites for hydroxylation is 2. The smallest absolute Gasteiger partial charge is 0.134 e. The van der Waals surface area contributed by atoms with Crippen molar-refractivity contribution < 1.29 is 4.42 Å². The molecule has 0 saturated heterocycles. The molecule has 0 amide bonds. The van der Waals surface area contributed by atoms with E-state index in [2.05, 4.69) is 0 Å². The van der Waals surface area contributed by atoms with Crippen LogP contribution < -0.4 is 5.73 Å². The van der Waals surface area contributed by atoms with Gasteiger partial charge in [-0.25, -0.2) is 0 Å². The maximum atomic E-state index is 5.82. The van der Waals surface area contributed by atoms with Crippen molar-refractivity contribution in [3.8, 4) is 11.3 Å². The molecule has 0 atom stereocenters. The summed E-state index contributed by atoms with van der Waals surface area (Å²) >= 11 is 0. The second-order valence-corrected chi connectivity index (χ2v) is 3.48. The van der Waals surface area contributed by atoms with Crippen LogP contribution in [0.4, 0.5) is 5.69 Å². The first-order chi connectivity index (χ1) is 6.66. The first-order valence-electron chi connectivity index (χ1n) is 4.60. The highest BCUT2D eigenvalue weighted by Gasteiger charge is 2.03. The quantitative estimate of drug-likeness (QED) is 0.696. The highest BCUT2D eigenvalue weighted by atomic mass is 16.3. The molecule has 0 unspecified atom stereocenters. The molecule has 14 heavy (non-hydrogen) atoms. The molecule has 2 aromatic rings. The Kier molecular flexibility index (Phi) is 2.04. The summed E-state index contributed by atoms with van der Waals surface area (Å²) in [4.78, 5) is 0. The zero-order chi connectivity index (χ0) is 10.1. The van der Waals surface area contributed by atoms with Gasteiger partial charge in [0.05, 0.1) is 0 Å². The third-order valence-corrected chi connectivity index (χ3v) is 2.30. The van der Waals surface area contributed by atoms with Gasteiger partial charge in [0, 0.05) is 11.3 Å². The van der Waals surface area contributed by atoms with Crippen LogP contribution in [0.2, 0.25) is 0 Å². The number of hydrogen-bond acceptors (Lipinski definition) is 2. The molecule has 0 aliphatic carbocycles. The molecule has 1 aromatic carbocycles. The molecule has 0 radical (unpaired) electrons. The van der Waals surface area contributed by atoms with Crippen LogP contribution in [0.3, 0.4) is 0 Å². The Morgan fingerprint density at radius 1 is 1.07 bits per heavy atom. The van der Waals surface area contributed by atoms with Gasteiger partial charge >= 0.3 is 0 Å². The predicted molar refractivity (Wildman–Crippen MR) is 58.0 cm³/mol. The molecule has 1 aromatic heterocycles. The highest BCUT2D eigenvalue weighted by molar-refractivity contribution is 5.65. The fourth-order valence-corrected chi connectivity index (χ4v) is 1.38. The van der Waals surface area contributed by atoms with Crippen LogP contribution in [0.1, 0.15) is 11.3 Å². The summed E-state index contributed by atoms with van der Waals surface area (Å²) in [6.07, 6.45) is 0. The number of rotatable bonds is 1. The first-order valence-corrected chi connectivity index (χ1v) is 4.60. The summed E-state index contributed by atoms with van der Waals surface area (Å²) in [6, 6.07) is 9.87. The van der Waals surface area contributed by atoms with Gasteiger partial charge in [-0.1, -0.05) is 12.1 Å². The third-order valence-electron chi connectivity index (χ3n) is 2.30. The molecular weight excluding hydrogens is 174 g/mol. The van der Waals surface area contributed by atoms with Crippen molar-refractivity contribution in [2.75, 3.05) is 5.73 Å². The monoisotopic (exact) mass is 187 g/mol. The van der Waals surface area contributed by atoms with Crippen molar-refractivity contribution in [1.29, 1.82) is 0 Å². The molecule has 2 rings (SSSR count). The van der Waals surface area contributed by atoms with E-state index in [1.54, 1.807) is 0 Å². The maximum absolute atomic E-state index is 5.82. The highest BCUT2D eigenvalue weighted by Crippen LogP contribution is 2.25. The van der Waals surface area contributed by atoms with Crippen molar-refractivity contribution in [1.82, 2.24) is 0 Å². The average Bonchev–Trinajstić information content (AvgIpc) is 2.57. The lowest BCUT2D eigenvalue weighted by molar-refractivity contribution is 0.548. The van der Waals surface area contributed by atoms with Gasteiger partial charge in [-0.3, -0.25) is 0 Å². The van der Waals surface area contributed by atoms with E-state index < -0.39 is 0 Å². The van der Waals surface area contributed by atoms with Crippen molar-refractivity contribution in [2.24, 2.45) is 0 Å². The van der Waals surface area contributed by atoms with Gasteiger partial charge in [0.2, 0.25) is 0 Å². The predicted octanol–water partition coefficient (Wildman–Crippen LogP) is 3.15. The van der Waals surface area contributed by atoms with E-state index in [0.717, 1.165) is 28.3 Å². The van der Waals surface area contributed by atoms with Gasteiger partial charge in [0.15, 0.2) is 0 Å². The summed E-state index contributed by atoms with van der Waals surface area (Å²) in [7, 11) is 0. The molecule has 2 N–H and O–H groups in total. The molecule has 0 fully saturated rings. The minimum atomic E-state index is 0.802. The van der Waals surface area contributed by atoms with Crippen molar-refractivity contribution in [2.45, 2.75) is 13.8 Å². The van der Waals surface area contributed by atoms with Crippen LogP contribution >= 0.6 is 0 Å². The van der Waals surface area contributed by atoms with Gasteiger partial charge in [-0.2, -0.15) is 0 Å². The van der Waals surface area contributed by atoms with E-state index in [0.29, 0.717) is 0 Å². The zero-order valence-electron chi connectivity index (χ0n) is 8.37. The number of nitrogens with two attached hydrogens (primary N) is 1. The van der Waals surface area contributed by atoms with Crippen LogP contribution in [0.15, 0.2) is 34.7 Å². The van der Waals surface area contributed by atoms with Crippen LogP contribution in [-0.4, -0.2) is 0 Å². The fraction of sp³-hybridized carbons (Fsp3) is 0.167. The van der Waals surface area contributed by atoms with E-state index >= 15 is 0 Å². The minimum Gasteiger partial charge on any atom is -0.461 e. The fourth-order valence-electron chi connectivity index (χ4n) is 1.38. The number of furan rings is 1. The summed E-state index contributed by atoms with van der Waals surface area (Å²) in [5, 5.41) is 0. The molecule has 0 bridgehead atoms. The Labute approximate surface area is 83.4 Å². The molecule has 1 heterocycles. The zero-order valence-corrected chi connectivity index (χ0v) is 8.37.